The molecule has 11 heteroatoms. The lowest BCUT2D eigenvalue weighted by Gasteiger charge is -2.34. The number of hydrogen-bond donors (Lipinski definition) is 0. The van der Waals surface area contributed by atoms with Crippen LogP contribution in [-0.2, 0) is 16.2 Å². The fourth-order valence-electron chi connectivity index (χ4n) is 3.06. The van der Waals surface area contributed by atoms with Gasteiger partial charge in [-0.1, -0.05) is 30.3 Å². The topological polar surface area (TPSA) is 29.5 Å². The van der Waals surface area contributed by atoms with E-state index in [1.54, 1.807) is 52.9 Å². The first-order valence-corrected chi connectivity index (χ1v) is 9.38. The van der Waals surface area contributed by atoms with Crippen LogP contribution in [0.1, 0.15) is 25.8 Å². The molecule has 1 aromatic rings. The van der Waals surface area contributed by atoms with E-state index in [0.717, 1.165) is 12.0 Å². The summed E-state index contributed by atoms with van der Waals surface area (Å²) in [5.41, 5.74) is -1.62. The highest BCUT2D eigenvalue weighted by Gasteiger charge is 2.74. The number of carbonyl (C=O) groups is 1. The predicted octanol–water partition coefficient (Wildman–Crippen LogP) is 5.90. The fourth-order valence-corrected chi connectivity index (χ4v) is 3.82. The molecule has 1 saturated heterocycles. The molecule has 0 radical (unpaired) electrons. The second-order valence-electron chi connectivity index (χ2n) is 6.90. The van der Waals surface area contributed by atoms with Crippen molar-refractivity contribution in [2.24, 2.45) is 5.41 Å². The monoisotopic (exact) mass is 539 g/mol. The van der Waals surface area contributed by atoms with Crippen LogP contribution < -0.4 is 0 Å². The van der Waals surface area contributed by atoms with Gasteiger partial charge in [0, 0.05) is 6.42 Å². The highest BCUT2D eigenvalue weighted by molar-refractivity contribution is 14.1. The van der Waals surface area contributed by atoms with Gasteiger partial charge in [0.2, 0.25) is 0 Å². The van der Waals surface area contributed by atoms with Crippen molar-refractivity contribution in [2.45, 2.75) is 44.9 Å². The third-order valence-corrected chi connectivity index (χ3v) is 5.35. The van der Waals surface area contributed by atoms with E-state index >= 15 is 0 Å². The highest BCUT2D eigenvalue weighted by atomic mass is 127. The van der Waals surface area contributed by atoms with Crippen molar-refractivity contribution in [3.63, 3.8) is 0 Å². The van der Waals surface area contributed by atoms with Gasteiger partial charge in [-0.3, -0.25) is 9.63 Å². The SMILES string of the molecule is C/C(I)=C1/CN(OCc2ccccc2)C(=O)C1(C)CC(F)(F)C(F)(F)C(F)(F)F. The van der Waals surface area contributed by atoms with Crippen molar-refractivity contribution >= 4 is 28.5 Å². The van der Waals surface area contributed by atoms with E-state index in [0.29, 0.717) is 9.14 Å². The van der Waals surface area contributed by atoms with E-state index in [2.05, 4.69) is 0 Å². The van der Waals surface area contributed by atoms with E-state index in [4.69, 9.17) is 4.84 Å². The van der Waals surface area contributed by atoms with Gasteiger partial charge in [0.25, 0.3) is 5.91 Å². The lowest BCUT2D eigenvalue weighted by Crippen LogP contribution is -2.54. The summed E-state index contributed by atoms with van der Waals surface area (Å²) in [6.07, 6.45) is -8.46. The molecule has 3 nitrogen and oxygen atoms in total. The number of alkyl halides is 7. The Kier molecular flexibility index (Phi) is 6.63. The zero-order chi connectivity index (χ0) is 22.3. The molecule has 1 fully saturated rings. The Morgan fingerprint density at radius 2 is 1.69 bits per heavy atom. The Bertz CT molecular complexity index is 791. The first-order valence-electron chi connectivity index (χ1n) is 8.30. The highest BCUT2D eigenvalue weighted by Crippen LogP contribution is 2.54. The molecule has 0 spiro atoms. The van der Waals surface area contributed by atoms with Gasteiger partial charge in [0.05, 0.1) is 12.0 Å². The number of halogens is 8. The molecule has 0 bridgehead atoms. The quantitative estimate of drug-likeness (QED) is 0.333. The molecule has 0 saturated carbocycles. The summed E-state index contributed by atoms with van der Waals surface area (Å²) in [4.78, 5) is 18.1. The van der Waals surface area contributed by atoms with E-state index in [9.17, 15) is 35.5 Å². The number of carbonyl (C=O) groups excluding carboxylic acids is 1. The second-order valence-corrected chi connectivity index (χ2v) is 8.52. The van der Waals surface area contributed by atoms with Gasteiger partial charge in [-0.15, -0.1) is 0 Å². The van der Waals surface area contributed by atoms with Gasteiger partial charge in [-0.2, -0.15) is 30.7 Å². The number of hydroxylamine groups is 2. The van der Waals surface area contributed by atoms with Crippen LogP contribution in [0.25, 0.3) is 0 Å². The fraction of sp³-hybridized carbons (Fsp3) is 0.500. The Labute approximate surface area is 176 Å². The van der Waals surface area contributed by atoms with Gasteiger partial charge in [-0.25, -0.2) is 5.06 Å². The molecule has 1 amide bonds. The smallest absolute Gasteiger partial charge is 0.272 e. The molecule has 0 aliphatic carbocycles. The predicted molar refractivity (Wildman–Crippen MR) is 98.3 cm³/mol. The van der Waals surface area contributed by atoms with Crippen LogP contribution in [0.15, 0.2) is 39.5 Å². The normalized spacial score (nSPS) is 23.0. The number of benzene rings is 1. The number of hydrogen-bond acceptors (Lipinski definition) is 2. The molecule has 1 unspecified atom stereocenters. The van der Waals surface area contributed by atoms with Gasteiger partial charge in [0.1, 0.15) is 6.61 Å². The van der Waals surface area contributed by atoms with Gasteiger partial charge < -0.3 is 0 Å². The van der Waals surface area contributed by atoms with Crippen molar-refractivity contribution in [1.29, 1.82) is 0 Å². The summed E-state index contributed by atoms with van der Waals surface area (Å²) in [6, 6.07) is 8.50. The summed E-state index contributed by atoms with van der Waals surface area (Å²) in [7, 11) is 0. The summed E-state index contributed by atoms with van der Waals surface area (Å²) >= 11 is 1.71. The maximum absolute atomic E-state index is 14.1. The molecule has 1 aliphatic rings. The minimum absolute atomic E-state index is 0.00816. The molecule has 162 valence electrons. The van der Waals surface area contributed by atoms with Crippen molar-refractivity contribution in [2.75, 3.05) is 6.54 Å². The number of allylic oxidation sites excluding steroid dienone is 1. The molecule has 1 aromatic carbocycles. The zero-order valence-electron chi connectivity index (χ0n) is 15.3. The largest absolute Gasteiger partial charge is 0.459 e. The lowest BCUT2D eigenvalue weighted by atomic mass is 9.77. The molecular formula is C18H17F7INO2. The van der Waals surface area contributed by atoms with E-state index in [-0.39, 0.29) is 18.7 Å². The maximum atomic E-state index is 14.1. The summed E-state index contributed by atoms with van der Waals surface area (Å²) in [5.74, 6) is -12.9. The third-order valence-electron chi connectivity index (χ3n) is 4.70. The molecule has 2 rings (SSSR count). The van der Waals surface area contributed by atoms with Crippen LogP contribution in [-0.4, -0.2) is 35.5 Å². The van der Waals surface area contributed by atoms with E-state index in [1.807, 2.05) is 0 Å². The van der Waals surface area contributed by atoms with Crippen LogP contribution in [0.5, 0.6) is 0 Å². The Hall–Kier alpha value is -1.37. The molecule has 0 aromatic heterocycles. The van der Waals surface area contributed by atoms with E-state index < -0.39 is 35.8 Å². The summed E-state index contributed by atoms with van der Waals surface area (Å²) in [5, 5.41) is 0.728. The molecule has 1 aliphatic heterocycles. The molecule has 1 heterocycles. The van der Waals surface area contributed by atoms with Crippen molar-refractivity contribution in [3.05, 3.63) is 45.0 Å². The number of amides is 1. The Balaban J connectivity index is 2.31. The first-order chi connectivity index (χ1) is 13.1. The molecule has 29 heavy (non-hydrogen) atoms. The van der Waals surface area contributed by atoms with Gasteiger partial charge in [0.15, 0.2) is 0 Å². The standard InChI is InChI=1S/C18H17F7INO2/c1-11(26)13-8-27(29-9-12-6-4-3-5-7-12)14(28)15(13,2)10-16(19,20)17(21,22)18(23,24)25/h3-7H,8-10H2,1-2H3/b13-11+. The average Bonchev–Trinajstić information content (AvgIpc) is 2.83. The molecule has 1 atom stereocenters. The van der Waals surface area contributed by atoms with Crippen molar-refractivity contribution in [1.82, 2.24) is 5.06 Å². The van der Waals surface area contributed by atoms with Gasteiger partial charge in [-0.05, 0) is 51.2 Å². The Morgan fingerprint density at radius 3 is 2.17 bits per heavy atom. The van der Waals surface area contributed by atoms with Crippen molar-refractivity contribution < 1.29 is 40.4 Å². The lowest BCUT2D eigenvalue weighted by molar-refractivity contribution is -0.358. The first kappa shape index (κ1) is 23.9. The third kappa shape index (κ3) is 4.54. The summed E-state index contributed by atoms with van der Waals surface area (Å²) in [6.45, 7) is 1.96. The number of rotatable bonds is 6. The van der Waals surface area contributed by atoms with Crippen LogP contribution >= 0.6 is 22.6 Å². The van der Waals surface area contributed by atoms with Crippen LogP contribution in [0.3, 0.4) is 0 Å². The van der Waals surface area contributed by atoms with Crippen molar-refractivity contribution in [3.8, 4) is 0 Å². The Morgan fingerprint density at radius 1 is 1.14 bits per heavy atom. The van der Waals surface area contributed by atoms with Crippen LogP contribution in [0.4, 0.5) is 30.7 Å². The van der Waals surface area contributed by atoms with E-state index in [1.165, 1.54) is 6.92 Å². The second kappa shape index (κ2) is 8.05. The maximum Gasteiger partial charge on any atom is 0.459 e. The number of nitrogens with zero attached hydrogens (tertiary/aromatic N) is 1. The summed E-state index contributed by atoms with van der Waals surface area (Å²) < 4.78 is 92.8. The molecule has 0 N–H and O–H groups in total. The zero-order valence-corrected chi connectivity index (χ0v) is 17.5. The van der Waals surface area contributed by atoms with Crippen LogP contribution in [0.2, 0.25) is 0 Å². The average molecular weight is 539 g/mol. The van der Waals surface area contributed by atoms with Crippen LogP contribution in [0, 0.1) is 5.41 Å². The molecular weight excluding hydrogens is 522 g/mol. The van der Waals surface area contributed by atoms with Gasteiger partial charge >= 0.3 is 18.0 Å². The minimum Gasteiger partial charge on any atom is -0.272 e. The minimum atomic E-state index is -6.46.